The van der Waals surface area contributed by atoms with Crippen LogP contribution in [-0.4, -0.2) is 35.6 Å². The van der Waals surface area contributed by atoms with E-state index in [0.29, 0.717) is 24.4 Å². The number of aryl methyl sites for hydroxylation is 1. The van der Waals surface area contributed by atoms with Crippen LogP contribution in [0.15, 0.2) is 48.5 Å². The van der Waals surface area contributed by atoms with Gasteiger partial charge in [-0.1, -0.05) is 35.9 Å². The molecule has 0 aliphatic carbocycles. The molecule has 24 heavy (non-hydrogen) atoms. The second-order valence-electron chi connectivity index (χ2n) is 5.74. The smallest absolute Gasteiger partial charge is 0.253 e. The minimum atomic E-state index is -0.701. The summed E-state index contributed by atoms with van der Waals surface area (Å²) in [5.41, 5.74) is 2.56. The van der Waals surface area contributed by atoms with Crippen LogP contribution in [0.5, 0.6) is 5.75 Å². The Hall–Kier alpha value is -2.33. The molecule has 1 unspecified atom stereocenters. The minimum Gasteiger partial charge on any atom is -0.491 e. The molecule has 0 radical (unpaired) electrons. The SMILES string of the molecule is CCN(CC)C(=O)c1cccc(OCC(O)c2ccc(C)cc2)c1. The average molecular weight is 327 g/mol. The van der Waals surface area contributed by atoms with Crippen molar-refractivity contribution in [3.8, 4) is 5.75 Å². The molecule has 0 saturated carbocycles. The highest BCUT2D eigenvalue weighted by atomic mass is 16.5. The monoisotopic (exact) mass is 327 g/mol. The lowest BCUT2D eigenvalue weighted by Gasteiger charge is -2.19. The van der Waals surface area contributed by atoms with Gasteiger partial charge in [0.1, 0.15) is 18.5 Å². The zero-order valence-corrected chi connectivity index (χ0v) is 14.5. The number of amides is 1. The van der Waals surface area contributed by atoms with Crippen LogP contribution in [0.2, 0.25) is 0 Å². The van der Waals surface area contributed by atoms with Gasteiger partial charge in [-0.3, -0.25) is 4.79 Å². The molecule has 4 nitrogen and oxygen atoms in total. The van der Waals surface area contributed by atoms with Crippen LogP contribution in [-0.2, 0) is 0 Å². The van der Waals surface area contributed by atoms with Crippen molar-refractivity contribution in [1.82, 2.24) is 4.90 Å². The zero-order valence-electron chi connectivity index (χ0n) is 14.5. The van der Waals surface area contributed by atoms with Gasteiger partial charge in [0.15, 0.2) is 0 Å². The number of carbonyl (C=O) groups is 1. The van der Waals surface area contributed by atoms with E-state index >= 15 is 0 Å². The van der Waals surface area contributed by atoms with E-state index in [1.54, 1.807) is 29.2 Å². The number of rotatable bonds is 7. The first-order chi connectivity index (χ1) is 11.5. The number of ether oxygens (including phenoxy) is 1. The maximum absolute atomic E-state index is 12.4. The molecule has 4 heteroatoms. The molecule has 1 N–H and O–H groups in total. The molecule has 0 bridgehead atoms. The van der Waals surface area contributed by atoms with E-state index in [1.807, 2.05) is 45.0 Å². The van der Waals surface area contributed by atoms with Gasteiger partial charge in [-0.15, -0.1) is 0 Å². The summed E-state index contributed by atoms with van der Waals surface area (Å²) in [6.45, 7) is 7.41. The van der Waals surface area contributed by atoms with Gasteiger partial charge < -0.3 is 14.7 Å². The first kappa shape index (κ1) is 18.0. The molecule has 0 aliphatic heterocycles. The highest BCUT2D eigenvalue weighted by molar-refractivity contribution is 5.94. The fraction of sp³-hybridized carbons (Fsp3) is 0.350. The van der Waals surface area contributed by atoms with E-state index in [-0.39, 0.29) is 12.5 Å². The van der Waals surface area contributed by atoms with Crippen molar-refractivity contribution in [2.24, 2.45) is 0 Å². The predicted molar refractivity (Wildman–Crippen MR) is 95.3 cm³/mol. The fourth-order valence-electron chi connectivity index (χ4n) is 2.47. The molecule has 2 aromatic carbocycles. The van der Waals surface area contributed by atoms with Crippen molar-refractivity contribution in [1.29, 1.82) is 0 Å². The standard InChI is InChI=1S/C20H25NO3/c1-4-21(5-2)20(23)17-7-6-8-18(13-17)24-14-19(22)16-11-9-15(3)10-12-16/h6-13,19,22H,4-5,14H2,1-3H3. The zero-order chi connectivity index (χ0) is 17.5. The van der Waals surface area contributed by atoms with Gasteiger partial charge in [0, 0.05) is 18.7 Å². The van der Waals surface area contributed by atoms with Crippen LogP contribution in [0.3, 0.4) is 0 Å². The normalized spacial score (nSPS) is 11.8. The van der Waals surface area contributed by atoms with Crippen molar-refractivity contribution >= 4 is 5.91 Å². The van der Waals surface area contributed by atoms with Crippen LogP contribution >= 0.6 is 0 Å². The first-order valence-corrected chi connectivity index (χ1v) is 8.32. The second kappa shape index (κ2) is 8.50. The Morgan fingerprint density at radius 1 is 1.12 bits per heavy atom. The molecule has 0 saturated heterocycles. The van der Waals surface area contributed by atoms with Crippen LogP contribution in [0.4, 0.5) is 0 Å². The summed E-state index contributed by atoms with van der Waals surface area (Å²) in [6, 6.07) is 14.8. The molecule has 0 aliphatic rings. The Kier molecular flexibility index (Phi) is 6.38. The summed E-state index contributed by atoms with van der Waals surface area (Å²) in [7, 11) is 0. The average Bonchev–Trinajstić information content (AvgIpc) is 2.61. The summed E-state index contributed by atoms with van der Waals surface area (Å²) in [5.74, 6) is 0.573. The maximum atomic E-state index is 12.4. The molecule has 0 fully saturated rings. The summed E-state index contributed by atoms with van der Waals surface area (Å²) < 4.78 is 5.67. The van der Waals surface area contributed by atoms with E-state index in [2.05, 4.69) is 0 Å². The molecule has 1 amide bonds. The van der Waals surface area contributed by atoms with Crippen molar-refractivity contribution in [2.75, 3.05) is 19.7 Å². The fourth-order valence-corrected chi connectivity index (χ4v) is 2.47. The van der Waals surface area contributed by atoms with Crippen molar-refractivity contribution < 1.29 is 14.6 Å². The maximum Gasteiger partial charge on any atom is 0.253 e. The lowest BCUT2D eigenvalue weighted by Crippen LogP contribution is -2.30. The topological polar surface area (TPSA) is 49.8 Å². The van der Waals surface area contributed by atoms with E-state index in [4.69, 9.17) is 4.74 Å². The predicted octanol–water partition coefficient (Wildman–Crippen LogP) is 3.59. The number of hydrogen-bond acceptors (Lipinski definition) is 3. The molecular weight excluding hydrogens is 302 g/mol. The van der Waals surface area contributed by atoms with Gasteiger partial charge >= 0.3 is 0 Å². The van der Waals surface area contributed by atoms with Crippen molar-refractivity contribution in [3.63, 3.8) is 0 Å². The molecule has 1 atom stereocenters. The Morgan fingerprint density at radius 3 is 2.42 bits per heavy atom. The lowest BCUT2D eigenvalue weighted by molar-refractivity contribution is 0.0772. The number of nitrogens with zero attached hydrogens (tertiary/aromatic N) is 1. The Labute approximate surface area is 143 Å². The molecule has 2 aromatic rings. The van der Waals surface area contributed by atoms with Gasteiger partial charge in [-0.25, -0.2) is 0 Å². The molecule has 2 rings (SSSR count). The molecule has 0 aromatic heterocycles. The lowest BCUT2D eigenvalue weighted by atomic mass is 10.1. The van der Waals surface area contributed by atoms with Gasteiger partial charge in [0.25, 0.3) is 5.91 Å². The van der Waals surface area contributed by atoms with E-state index < -0.39 is 6.10 Å². The third-order valence-corrected chi connectivity index (χ3v) is 4.00. The Morgan fingerprint density at radius 2 is 1.79 bits per heavy atom. The van der Waals surface area contributed by atoms with E-state index in [0.717, 1.165) is 11.1 Å². The summed E-state index contributed by atoms with van der Waals surface area (Å²) in [6.07, 6.45) is -0.701. The van der Waals surface area contributed by atoms with Crippen LogP contribution in [0, 0.1) is 6.92 Å². The van der Waals surface area contributed by atoms with Crippen LogP contribution < -0.4 is 4.74 Å². The summed E-state index contributed by atoms with van der Waals surface area (Å²) in [4.78, 5) is 14.1. The number of carbonyl (C=O) groups excluding carboxylic acids is 1. The number of benzene rings is 2. The highest BCUT2D eigenvalue weighted by Crippen LogP contribution is 2.19. The largest absolute Gasteiger partial charge is 0.491 e. The minimum absolute atomic E-state index is 0.00969. The third-order valence-electron chi connectivity index (χ3n) is 4.00. The van der Waals surface area contributed by atoms with Gasteiger partial charge in [-0.2, -0.15) is 0 Å². The van der Waals surface area contributed by atoms with Gasteiger partial charge in [0.05, 0.1) is 0 Å². The highest BCUT2D eigenvalue weighted by Gasteiger charge is 2.14. The second-order valence-corrected chi connectivity index (χ2v) is 5.74. The molecular formula is C20H25NO3. The number of aliphatic hydroxyl groups excluding tert-OH is 1. The third kappa shape index (κ3) is 4.59. The quantitative estimate of drug-likeness (QED) is 0.845. The number of aliphatic hydroxyl groups is 1. The van der Waals surface area contributed by atoms with Crippen LogP contribution in [0.1, 0.15) is 41.4 Å². The molecule has 128 valence electrons. The summed E-state index contributed by atoms with van der Waals surface area (Å²) >= 11 is 0. The van der Waals surface area contributed by atoms with Gasteiger partial charge in [0.2, 0.25) is 0 Å². The summed E-state index contributed by atoms with van der Waals surface area (Å²) in [5, 5.41) is 10.2. The van der Waals surface area contributed by atoms with E-state index in [1.165, 1.54) is 0 Å². The molecule has 0 heterocycles. The molecule has 0 spiro atoms. The Bertz CT molecular complexity index is 663. The van der Waals surface area contributed by atoms with Crippen molar-refractivity contribution in [2.45, 2.75) is 26.9 Å². The van der Waals surface area contributed by atoms with Gasteiger partial charge in [-0.05, 0) is 44.5 Å². The number of hydrogen-bond donors (Lipinski definition) is 1. The Balaban J connectivity index is 2.01. The van der Waals surface area contributed by atoms with E-state index in [9.17, 15) is 9.90 Å². The van der Waals surface area contributed by atoms with Crippen LogP contribution in [0.25, 0.3) is 0 Å². The van der Waals surface area contributed by atoms with Crippen molar-refractivity contribution in [3.05, 3.63) is 65.2 Å². The first-order valence-electron chi connectivity index (χ1n) is 8.32.